The number of rotatable bonds is 0. The molecule has 0 aliphatic carbocycles. The number of hydrogen-bond donors (Lipinski definition) is 0. The van der Waals surface area contributed by atoms with Gasteiger partial charge in [0.15, 0.2) is 12.4 Å². The van der Waals surface area contributed by atoms with Crippen molar-refractivity contribution in [2.45, 2.75) is 0 Å². The molecule has 3 heteroatoms. The number of hydrogen-bond acceptors (Lipinski definition) is 0. The summed E-state index contributed by atoms with van der Waals surface area (Å²) in [5.41, 5.74) is 0. The van der Waals surface area contributed by atoms with Crippen molar-refractivity contribution in [3.05, 3.63) is 30.6 Å². The van der Waals surface area contributed by atoms with Crippen LogP contribution >= 0.6 is 24.0 Å². The minimum Gasteiger partial charge on any atom is -1.00 e. The van der Waals surface area contributed by atoms with E-state index in [4.69, 9.17) is 0 Å². The third-order valence-electron chi connectivity index (χ3n) is 0.865. The second kappa shape index (κ2) is 6.76. The molecule has 0 aliphatic heterocycles. The molecule has 9 heavy (non-hydrogen) atoms. The van der Waals surface area contributed by atoms with Crippen molar-refractivity contribution in [2.24, 2.45) is 7.05 Å². The van der Waals surface area contributed by atoms with E-state index >= 15 is 0 Å². The predicted octanol–water partition coefficient (Wildman–Crippen LogP) is 1.22. The van der Waals surface area contributed by atoms with Crippen molar-refractivity contribution < 1.29 is 8.85 Å². The minimum absolute atomic E-state index is 0. The first-order valence-corrected chi connectivity index (χ1v) is 2.30. The molecule has 0 bridgehead atoms. The van der Waals surface area contributed by atoms with Crippen LogP contribution in [-0.2, 0) is 7.05 Å². The van der Waals surface area contributed by atoms with Crippen molar-refractivity contribution in [1.29, 1.82) is 0 Å². The monoisotopic (exact) mass is 251 g/mol. The van der Waals surface area contributed by atoms with Gasteiger partial charge in [0.05, 0.1) is 0 Å². The van der Waals surface area contributed by atoms with Gasteiger partial charge in [-0.1, -0.05) is 6.07 Å². The fourth-order valence-corrected chi connectivity index (χ4v) is 0.485. The second-order valence-electron chi connectivity index (χ2n) is 1.54. The third kappa shape index (κ3) is 5.11. The molecule has 0 unspecified atom stereocenters. The van der Waals surface area contributed by atoms with Crippen molar-refractivity contribution in [1.82, 2.24) is 0 Å². The summed E-state index contributed by atoms with van der Waals surface area (Å²) in [6, 6.07) is 6.00. The summed E-state index contributed by atoms with van der Waals surface area (Å²) >= 11 is 0. The van der Waals surface area contributed by atoms with E-state index in [1.807, 2.05) is 42.2 Å². The van der Waals surface area contributed by atoms with E-state index in [1.54, 1.807) is 0 Å². The van der Waals surface area contributed by atoms with Crippen LogP contribution in [0.3, 0.4) is 0 Å². The molecular weight excluding hydrogens is 237 g/mol. The Bertz CT molecular complexity index is 153. The summed E-state index contributed by atoms with van der Waals surface area (Å²) in [4.78, 5) is 0. The normalized spacial score (nSPS) is 6.78. The Kier molecular flexibility index (Phi) is 9.27. The van der Waals surface area contributed by atoms with E-state index in [2.05, 4.69) is 0 Å². The van der Waals surface area contributed by atoms with Gasteiger partial charge in [-0.3, -0.25) is 0 Å². The molecule has 0 fully saturated rings. The Balaban J connectivity index is -0.0000000327. The van der Waals surface area contributed by atoms with Gasteiger partial charge in [-0.15, -0.1) is 24.0 Å². The molecule has 0 saturated carbocycles. The average Bonchev–Trinajstić information content (AvgIpc) is 1.69. The Morgan fingerprint density at radius 3 is 1.89 bits per heavy atom. The topological polar surface area (TPSA) is 3.88 Å². The maximum Gasteiger partial charge on any atom is 2.00 e. The quantitative estimate of drug-likeness (QED) is 0.371. The Morgan fingerprint density at radius 1 is 1.22 bits per heavy atom. The molecule has 1 rings (SSSR count). The van der Waals surface area contributed by atoms with E-state index in [1.165, 1.54) is 0 Å². The smallest absolute Gasteiger partial charge is 1.00 e. The van der Waals surface area contributed by atoms with Gasteiger partial charge in [0.2, 0.25) is 0 Å². The van der Waals surface area contributed by atoms with Crippen LogP contribution in [-0.4, -0.2) is 23.1 Å². The number of aromatic nitrogens is 1. The van der Waals surface area contributed by atoms with Gasteiger partial charge in [0, 0.05) is 13.6 Å². The zero-order valence-electron chi connectivity index (χ0n) is 7.45. The minimum atomic E-state index is 0. The summed E-state index contributed by atoms with van der Waals surface area (Å²) < 4.78 is 2.00. The first kappa shape index (κ1) is 12.3. The van der Waals surface area contributed by atoms with E-state index in [-0.39, 0.29) is 51.3 Å². The van der Waals surface area contributed by atoms with Crippen LogP contribution < -0.4 is 4.57 Å². The van der Waals surface area contributed by atoms with E-state index in [9.17, 15) is 0 Å². The molecule has 50 valence electrons. The van der Waals surface area contributed by atoms with Gasteiger partial charge in [-0.2, -0.15) is 0 Å². The predicted molar refractivity (Wildman–Crippen MR) is 53.1 cm³/mol. The standard InChI is InChI=1S/C6H8N.HI.Mg.H2.2H/c1-7-5-3-2-4-6-7;;;;;/h2-6H,1H3;1H;;1H;;/q+1;;+2;;2*-1/i;;;1+1;;. The largest absolute Gasteiger partial charge is 2.00 e. The van der Waals surface area contributed by atoms with Crippen molar-refractivity contribution in [3.63, 3.8) is 0 Å². The fraction of sp³-hybridized carbons (Fsp3) is 0.167. The van der Waals surface area contributed by atoms with Gasteiger partial charge in [0.25, 0.3) is 0 Å². The molecule has 0 radical (unpaired) electrons. The van der Waals surface area contributed by atoms with Crippen LogP contribution in [0, 0.1) is 0 Å². The molecule has 0 N–H and O–H groups in total. The Morgan fingerprint density at radius 2 is 1.67 bits per heavy atom. The van der Waals surface area contributed by atoms with E-state index in [0.29, 0.717) is 0 Å². The van der Waals surface area contributed by atoms with Gasteiger partial charge in [-0.05, 0) is 0 Å². The fourth-order valence-electron chi connectivity index (χ4n) is 0.485. The molecule has 0 aliphatic rings. The number of aryl methyl sites for hydroxylation is 1. The third-order valence-corrected chi connectivity index (χ3v) is 0.865. The number of halogens is 1. The maximum atomic E-state index is 2.00. The summed E-state index contributed by atoms with van der Waals surface area (Å²) in [6.07, 6.45) is 4.00. The molecule has 1 aromatic heterocycles. The molecule has 1 heterocycles. The molecule has 0 saturated heterocycles. The van der Waals surface area contributed by atoms with Gasteiger partial charge in [-0.25, -0.2) is 4.57 Å². The summed E-state index contributed by atoms with van der Waals surface area (Å²) in [7, 11) is 2.00. The van der Waals surface area contributed by atoms with Crippen molar-refractivity contribution >= 4 is 47.0 Å². The van der Waals surface area contributed by atoms with Crippen molar-refractivity contribution in [3.8, 4) is 0 Å². The van der Waals surface area contributed by atoms with Crippen LogP contribution in [0.4, 0.5) is 0 Å². The zero-order chi connectivity index (χ0) is 5.11. The Labute approximate surface area is 93.1 Å². The van der Waals surface area contributed by atoms with Crippen LogP contribution in [0.1, 0.15) is 4.28 Å². The molecule has 1 nitrogen and oxygen atoms in total. The maximum absolute atomic E-state index is 2.00. The van der Waals surface area contributed by atoms with E-state index in [0.717, 1.165) is 0 Å². The van der Waals surface area contributed by atoms with Crippen LogP contribution in [0.15, 0.2) is 30.6 Å². The average molecular weight is 251 g/mol. The second-order valence-corrected chi connectivity index (χ2v) is 1.54. The molecule has 0 amide bonds. The molecule has 0 aromatic carbocycles. The SMILES string of the molecule is C[n+]1ccccc1.I.[2HH].[H-].[H-].[Mg+2]. The first-order chi connectivity index (χ1) is 3.39. The Hall–Kier alpha value is 0.646. The van der Waals surface area contributed by atoms with Gasteiger partial charge < -0.3 is 2.85 Å². The van der Waals surface area contributed by atoms with Crippen LogP contribution in [0.5, 0.6) is 0 Å². The van der Waals surface area contributed by atoms with E-state index < -0.39 is 0 Å². The zero-order valence-corrected chi connectivity index (χ0v) is 9.19. The first-order valence-electron chi connectivity index (χ1n) is 2.30. The summed E-state index contributed by atoms with van der Waals surface area (Å²) in [5.74, 6) is 0. The van der Waals surface area contributed by atoms with Crippen LogP contribution in [0.2, 0.25) is 0 Å². The molecule has 0 spiro atoms. The van der Waals surface area contributed by atoms with Gasteiger partial charge >= 0.3 is 23.1 Å². The summed E-state index contributed by atoms with van der Waals surface area (Å²) in [5, 5.41) is 0. The van der Waals surface area contributed by atoms with Crippen molar-refractivity contribution in [2.75, 3.05) is 0 Å². The summed E-state index contributed by atoms with van der Waals surface area (Å²) in [6.45, 7) is 0. The van der Waals surface area contributed by atoms with Crippen LogP contribution in [0.25, 0.3) is 0 Å². The van der Waals surface area contributed by atoms with Gasteiger partial charge in [0.1, 0.15) is 7.05 Å². The molecular formula is C6H13IMgN+. The molecule has 0 atom stereocenters. The number of pyridine rings is 1. The number of nitrogens with zero attached hydrogens (tertiary/aromatic N) is 1. The molecule has 1 aromatic rings.